The molecule has 0 radical (unpaired) electrons. The van der Waals surface area contributed by atoms with Crippen molar-refractivity contribution in [2.45, 2.75) is 43.1 Å². The third-order valence-electron chi connectivity index (χ3n) is 4.88. The largest absolute Gasteiger partial charge is 0.497 e. The number of benzene rings is 1. The van der Waals surface area contributed by atoms with Gasteiger partial charge in [-0.1, -0.05) is 30.0 Å². The highest BCUT2D eigenvalue weighted by Crippen LogP contribution is 2.35. The summed E-state index contributed by atoms with van der Waals surface area (Å²) in [6.45, 7) is 4.31. The quantitative estimate of drug-likeness (QED) is 0.339. The first-order valence-electron chi connectivity index (χ1n) is 9.13. The molecule has 0 aliphatic heterocycles. The number of rotatable bonds is 6. The highest BCUT2D eigenvalue weighted by Gasteiger charge is 2.21. The molecule has 4 nitrogen and oxygen atoms in total. The Kier molecular flexibility index (Phi) is 5.36. The van der Waals surface area contributed by atoms with E-state index >= 15 is 0 Å². The molecule has 1 aliphatic carbocycles. The van der Waals surface area contributed by atoms with E-state index < -0.39 is 0 Å². The van der Waals surface area contributed by atoms with Gasteiger partial charge in [-0.15, -0.1) is 17.9 Å². The molecule has 2 aromatic heterocycles. The van der Waals surface area contributed by atoms with Gasteiger partial charge in [0.2, 0.25) is 0 Å². The molecular weight excluding hydrogens is 376 g/mol. The van der Waals surface area contributed by atoms with Gasteiger partial charge in [-0.25, -0.2) is 4.98 Å². The smallest absolute Gasteiger partial charge is 0.263 e. The Morgan fingerprint density at radius 3 is 2.81 bits per heavy atom. The third-order valence-corrected chi connectivity index (χ3v) is 7.11. The number of hydrogen-bond acceptors (Lipinski definition) is 5. The molecule has 0 unspecified atom stereocenters. The van der Waals surface area contributed by atoms with Crippen LogP contribution < -0.4 is 10.3 Å². The zero-order valence-electron chi connectivity index (χ0n) is 15.4. The maximum absolute atomic E-state index is 13.2. The van der Waals surface area contributed by atoms with Crippen LogP contribution in [0.2, 0.25) is 0 Å². The number of thiophene rings is 1. The number of aryl methyl sites for hydroxylation is 2. The molecule has 6 heteroatoms. The lowest BCUT2D eigenvalue weighted by Gasteiger charge is -2.12. The van der Waals surface area contributed by atoms with E-state index in [-0.39, 0.29) is 5.56 Å². The van der Waals surface area contributed by atoms with Crippen molar-refractivity contribution in [2.24, 2.45) is 0 Å². The molecule has 3 aromatic rings. The molecular formula is C21H22N2O2S2. The monoisotopic (exact) mass is 398 g/mol. The summed E-state index contributed by atoms with van der Waals surface area (Å²) in [5, 5.41) is 1.60. The van der Waals surface area contributed by atoms with E-state index in [2.05, 4.69) is 6.58 Å². The molecule has 0 saturated carbocycles. The van der Waals surface area contributed by atoms with Crippen molar-refractivity contribution < 1.29 is 4.74 Å². The zero-order valence-corrected chi connectivity index (χ0v) is 17.0. The average Bonchev–Trinajstić information content (AvgIpc) is 3.07. The van der Waals surface area contributed by atoms with Gasteiger partial charge in [-0.3, -0.25) is 9.36 Å². The van der Waals surface area contributed by atoms with E-state index in [1.54, 1.807) is 40.9 Å². The number of ether oxygens (including phenoxy) is 1. The van der Waals surface area contributed by atoms with Crippen LogP contribution in [0.4, 0.5) is 0 Å². The summed E-state index contributed by atoms with van der Waals surface area (Å²) >= 11 is 3.30. The van der Waals surface area contributed by atoms with Crippen LogP contribution in [-0.4, -0.2) is 16.7 Å². The molecule has 0 spiro atoms. The standard InChI is InChI=1S/C21H22N2O2S2/c1-3-12-23-20(24)18-16-6-4-5-7-17(16)27-19(18)22-21(23)26-13-14-8-10-15(25-2)11-9-14/h3,8-11H,1,4-7,12-13H2,2H3. The van der Waals surface area contributed by atoms with Crippen LogP contribution >= 0.6 is 23.1 Å². The van der Waals surface area contributed by atoms with Gasteiger partial charge in [0.05, 0.1) is 12.5 Å². The van der Waals surface area contributed by atoms with E-state index in [0.29, 0.717) is 6.54 Å². The van der Waals surface area contributed by atoms with Gasteiger partial charge in [0.15, 0.2) is 5.16 Å². The predicted octanol–water partition coefficient (Wildman–Crippen LogP) is 4.82. The van der Waals surface area contributed by atoms with Crippen LogP contribution in [0, 0.1) is 0 Å². The van der Waals surface area contributed by atoms with Gasteiger partial charge in [0.1, 0.15) is 10.6 Å². The summed E-state index contributed by atoms with van der Waals surface area (Å²) in [7, 11) is 1.66. The highest BCUT2D eigenvalue weighted by molar-refractivity contribution is 7.98. The minimum atomic E-state index is 0.0801. The summed E-state index contributed by atoms with van der Waals surface area (Å²) in [6, 6.07) is 8.00. The fourth-order valence-electron chi connectivity index (χ4n) is 3.49. The van der Waals surface area contributed by atoms with Crippen LogP contribution in [0.3, 0.4) is 0 Å². The van der Waals surface area contributed by atoms with Crippen LogP contribution in [0.5, 0.6) is 5.75 Å². The van der Waals surface area contributed by atoms with Crippen molar-refractivity contribution >= 4 is 33.3 Å². The van der Waals surface area contributed by atoms with Crippen molar-refractivity contribution in [3.63, 3.8) is 0 Å². The third kappa shape index (κ3) is 3.56. The average molecular weight is 399 g/mol. The minimum Gasteiger partial charge on any atom is -0.497 e. The topological polar surface area (TPSA) is 44.1 Å². The van der Waals surface area contributed by atoms with Gasteiger partial charge in [0, 0.05) is 17.2 Å². The van der Waals surface area contributed by atoms with Crippen LogP contribution in [0.15, 0.2) is 46.9 Å². The second kappa shape index (κ2) is 7.90. The van der Waals surface area contributed by atoms with Crippen molar-refractivity contribution in [3.8, 4) is 5.75 Å². The van der Waals surface area contributed by atoms with E-state index in [4.69, 9.17) is 9.72 Å². The molecule has 0 atom stereocenters. The number of aromatic nitrogens is 2. The summed E-state index contributed by atoms with van der Waals surface area (Å²) in [5.74, 6) is 1.60. The normalized spacial score (nSPS) is 13.5. The molecule has 0 amide bonds. The maximum Gasteiger partial charge on any atom is 0.263 e. The lowest BCUT2D eigenvalue weighted by Crippen LogP contribution is -2.23. The van der Waals surface area contributed by atoms with Crippen LogP contribution in [0.1, 0.15) is 28.8 Å². The molecule has 27 heavy (non-hydrogen) atoms. The predicted molar refractivity (Wildman–Crippen MR) is 113 cm³/mol. The van der Waals surface area contributed by atoms with Crippen LogP contribution in [0.25, 0.3) is 10.2 Å². The lowest BCUT2D eigenvalue weighted by molar-refractivity contribution is 0.414. The van der Waals surface area contributed by atoms with E-state index in [1.165, 1.54) is 22.4 Å². The Labute approximate surface area is 166 Å². The number of nitrogens with zero attached hydrogens (tertiary/aromatic N) is 2. The maximum atomic E-state index is 13.2. The van der Waals surface area contributed by atoms with Gasteiger partial charge >= 0.3 is 0 Å². The second-order valence-electron chi connectivity index (χ2n) is 6.63. The molecule has 1 aromatic carbocycles. The summed E-state index contributed by atoms with van der Waals surface area (Å²) in [5.41, 5.74) is 2.49. The van der Waals surface area contributed by atoms with Crippen molar-refractivity contribution in [1.29, 1.82) is 0 Å². The summed E-state index contributed by atoms with van der Waals surface area (Å²) in [4.78, 5) is 20.3. The number of fused-ring (bicyclic) bond motifs is 3. The molecule has 0 fully saturated rings. The summed E-state index contributed by atoms with van der Waals surface area (Å²) < 4.78 is 6.98. The lowest BCUT2D eigenvalue weighted by atomic mass is 9.97. The van der Waals surface area contributed by atoms with Gasteiger partial charge in [0.25, 0.3) is 5.56 Å². The van der Waals surface area contributed by atoms with Crippen molar-refractivity contribution in [1.82, 2.24) is 9.55 Å². The minimum absolute atomic E-state index is 0.0801. The first kappa shape index (κ1) is 18.3. The highest BCUT2D eigenvalue weighted by atomic mass is 32.2. The van der Waals surface area contributed by atoms with Crippen molar-refractivity contribution in [3.05, 3.63) is 63.3 Å². The Hall–Kier alpha value is -2.05. The van der Waals surface area contributed by atoms with Gasteiger partial charge in [-0.2, -0.15) is 0 Å². The molecule has 0 bridgehead atoms. The Balaban J connectivity index is 1.71. The fraction of sp³-hybridized carbons (Fsp3) is 0.333. The van der Waals surface area contributed by atoms with E-state index in [9.17, 15) is 4.79 Å². The van der Waals surface area contributed by atoms with Crippen LogP contribution in [-0.2, 0) is 25.1 Å². The number of thioether (sulfide) groups is 1. The SMILES string of the molecule is C=CCn1c(SCc2ccc(OC)cc2)nc2sc3c(c2c1=O)CCCC3. The Bertz CT molecular complexity index is 1040. The van der Waals surface area contributed by atoms with Gasteiger partial charge in [-0.05, 0) is 48.9 Å². The fourth-order valence-corrected chi connectivity index (χ4v) is 5.76. The number of allylic oxidation sites excluding steroid dienone is 1. The Morgan fingerprint density at radius 1 is 1.30 bits per heavy atom. The first-order chi connectivity index (χ1) is 13.2. The molecule has 1 aliphatic rings. The zero-order chi connectivity index (χ0) is 18.8. The molecule has 4 rings (SSSR count). The molecule has 140 valence electrons. The second-order valence-corrected chi connectivity index (χ2v) is 8.65. The van der Waals surface area contributed by atoms with E-state index in [0.717, 1.165) is 46.1 Å². The Morgan fingerprint density at radius 2 is 2.07 bits per heavy atom. The van der Waals surface area contributed by atoms with Crippen molar-refractivity contribution in [2.75, 3.05) is 7.11 Å². The van der Waals surface area contributed by atoms with E-state index in [1.807, 2.05) is 24.3 Å². The molecule has 0 saturated heterocycles. The number of hydrogen-bond donors (Lipinski definition) is 0. The molecule has 2 heterocycles. The van der Waals surface area contributed by atoms with Gasteiger partial charge < -0.3 is 4.74 Å². The summed E-state index contributed by atoms with van der Waals surface area (Å²) in [6.07, 6.45) is 6.21. The number of methoxy groups -OCH3 is 1. The molecule has 0 N–H and O–H groups in total. The first-order valence-corrected chi connectivity index (χ1v) is 10.9.